The zero-order valence-electron chi connectivity index (χ0n) is 12.5. The summed E-state index contributed by atoms with van der Waals surface area (Å²) in [4.78, 5) is 24.5. The summed E-state index contributed by atoms with van der Waals surface area (Å²) < 4.78 is 0. The SMILES string of the molecule is C[C@@H](NC(=O)C[NH+]1CCC[C@H](C(N)=O)C1)c1ccccc1. The first-order chi connectivity index (χ1) is 10.1. The fourth-order valence-corrected chi connectivity index (χ4v) is 2.90. The molecule has 1 aromatic carbocycles. The molecule has 1 unspecified atom stereocenters. The normalized spacial score (nSPS) is 23.3. The van der Waals surface area contributed by atoms with Gasteiger partial charge < -0.3 is 16.0 Å². The first-order valence-electron chi connectivity index (χ1n) is 7.53. The van der Waals surface area contributed by atoms with Crippen LogP contribution in [0.25, 0.3) is 0 Å². The molecule has 0 radical (unpaired) electrons. The Morgan fingerprint density at radius 1 is 1.38 bits per heavy atom. The monoisotopic (exact) mass is 290 g/mol. The Morgan fingerprint density at radius 3 is 2.76 bits per heavy atom. The Kier molecular flexibility index (Phi) is 5.33. The van der Waals surface area contributed by atoms with Gasteiger partial charge in [0.15, 0.2) is 6.54 Å². The molecule has 1 aliphatic rings. The van der Waals surface area contributed by atoms with Crippen molar-refractivity contribution in [3.8, 4) is 0 Å². The quantitative estimate of drug-likeness (QED) is 0.693. The molecule has 1 aromatic rings. The van der Waals surface area contributed by atoms with E-state index in [-0.39, 0.29) is 23.8 Å². The molecule has 114 valence electrons. The minimum atomic E-state index is -0.245. The predicted octanol–water partition coefficient (Wildman–Crippen LogP) is -0.356. The molecule has 5 nitrogen and oxygen atoms in total. The highest BCUT2D eigenvalue weighted by molar-refractivity contribution is 5.78. The van der Waals surface area contributed by atoms with E-state index in [9.17, 15) is 9.59 Å². The summed E-state index contributed by atoms with van der Waals surface area (Å²) in [6.07, 6.45) is 1.80. The van der Waals surface area contributed by atoms with Gasteiger partial charge in [-0.2, -0.15) is 0 Å². The molecule has 1 fully saturated rings. The molecular weight excluding hydrogens is 266 g/mol. The lowest BCUT2D eigenvalue weighted by molar-refractivity contribution is -0.899. The Morgan fingerprint density at radius 2 is 2.10 bits per heavy atom. The van der Waals surface area contributed by atoms with Gasteiger partial charge in [0, 0.05) is 0 Å². The van der Waals surface area contributed by atoms with Gasteiger partial charge in [0.25, 0.3) is 5.91 Å². The van der Waals surface area contributed by atoms with Crippen molar-refractivity contribution >= 4 is 11.8 Å². The Bertz CT molecular complexity index is 490. The second-order valence-electron chi connectivity index (χ2n) is 5.82. The van der Waals surface area contributed by atoms with Crippen molar-refractivity contribution in [1.82, 2.24) is 5.32 Å². The highest BCUT2D eigenvalue weighted by Crippen LogP contribution is 2.10. The average Bonchev–Trinajstić information content (AvgIpc) is 2.48. The standard InChI is InChI=1S/C16H23N3O2/c1-12(13-6-3-2-4-7-13)18-15(20)11-19-9-5-8-14(10-19)16(17)21/h2-4,6-7,12,14H,5,8-11H2,1H3,(H2,17,21)(H,18,20)/p+1/t12-,14+/m1/s1. The molecule has 21 heavy (non-hydrogen) atoms. The van der Waals surface area contributed by atoms with Gasteiger partial charge in [0.1, 0.15) is 0 Å². The molecule has 0 aliphatic carbocycles. The fourth-order valence-electron chi connectivity index (χ4n) is 2.90. The molecule has 1 aliphatic heterocycles. The van der Waals surface area contributed by atoms with Gasteiger partial charge in [-0.3, -0.25) is 9.59 Å². The predicted molar refractivity (Wildman–Crippen MR) is 80.5 cm³/mol. The third-order valence-electron chi connectivity index (χ3n) is 4.11. The van der Waals surface area contributed by atoms with E-state index in [2.05, 4.69) is 5.32 Å². The number of likely N-dealkylation sites (tertiary alicyclic amines) is 1. The summed E-state index contributed by atoms with van der Waals surface area (Å²) in [5.41, 5.74) is 6.46. The van der Waals surface area contributed by atoms with Gasteiger partial charge in [-0.25, -0.2) is 0 Å². The zero-order valence-corrected chi connectivity index (χ0v) is 12.5. The summed E-state index contributed by atoms with van der Waals surface area (Å²) >= 11 is 0. The molecule has 0 saturated carbocycles. The van der Waals surface area contributed by atoms with Crippen LogP contribution in [0.5, 0.6) is 0 Å². The Hall–Kier alpha value is -1.88. The number of benzene rings is 1. The van der Waals surface area contributed by atoms with E-state index in [0.717, 1.165) is 29.8 Å². The summed E-state index contributed by atoms with van der Waals surface area (Å²) in [7, 11) is 0. The van der Waals surface area contributed by atoms with Crippen molar-refractivity contribution < 1.29 is 14.5 Å². The molecule has 3 atom stereocenters. The van der Waals surface area contributed by atoms with Crippen LogP contribution < -0.4 is 16.0 Å². The molecular formula is C16H24N3O2+. The largest absolute Gasteiger partial charge is 0.369 e. The Balaban J connectivity index is 1.83. The molecule has 0 spiro atoms. The van der Waals surface area contributed by atoms with Gasteiger partial charge in [0.05, 0.1) is 25.0 Å². The van der Waals surface area contributed by atoms with Crippen molar-refractivity contribution in [2.24, 2.45) is 11.7 Å². The molecule has 0 aromatic heterocycles. The molecule has 5 heteroatoms. The molecule has 1 saturated heterocycles. The summed E-state index contributed by atoms with van der Waals surface area (Å²) in [6, 6.07) is 9.88. The second-order valence-corrected chi connectivity index (χ2v) is 5.82. The van der Waals surface area contributed by atoms with Crippen LogP contribution in [0.1, 0.15) is 31.4 Å². The number of carbonyl (C=O) groups excluding carboxylic acids is 2. The fraction of sp³-hybridized carbons (Fsp3) is 0.500. The van der Waals surface area contributed by atoms with Crippen LogP contribution in [0.4, 0.5) is 0 Å². The van der Waals surface area contributed by atoms with Crippen LogP contribution in [0.2, 0.25) is 0 Å². The third kappa shape index (κ3) is 4.56. The number of piperidine rings is 1. The van der Waals surface area contributed by atoms with E-state index in [0.29, 0.717) is 13.1 Å². The van der Waals surface area contributed by atoms with Gasteiger partial charge in [-0.1, -0.05) is 30.3 Å². The minimum absolute atomic E-state index is 0.00479. The molecule has 4 N–H and O–H groups in total. The third-order valence-corrected chi connectivity index (χ3v) is 4.11. The second kappa shape index (κ2) is 7.22. The lowest BCUT2D eigenvalue weighted by Gasteiger charge is -2.28. The van der Waals surface area contributed by atoms with E-state index < -0.39 is 0 Å². The van der Waals surface area contributed by atoms with E-state index in [1.807, 2.05) is 37.3 Å². The molecule has 0 bridgehead atoms. The first kappa shape index (κ1) is 15.5. The van der Waals surface area contributed by atoms with Crippen LogP contribution in [0.3, 0.4) is 0 Å². The lowest BCUT2D eigenvalue weighted by Crippen LogP contribution is -3.15. The van der Waals surface area contributed by atoms with Crippen LogP contribution >= 0.6 is 0 Å². The summed E-state index contributed by atoms with van der Waals surface area (Å²) in [5, 5.41) is 3.01. The van der Waals surface area contributed by atoms with Crippen LogP contribution in [-0.4, -0.2) is 31.4 Å². The summed E-state index contributed by atoms with van der Waals surface area (Å²) in [6.45, 7) is 3.98. The van der Waals surface area contributed by atoms with Crippen LogP contribution in [0, 0.1) is 5.92 Å². The molecule has 1 heterocycles. The topological polar surface area (TPSA) is 76.6 Å². The number of carbonyl (C=O) groups is 2. The van der Waals surface area contributed by atoms with Crippen molar-refractivity contribution in [2.75, 3.05) is 19.6 Å². The van der Waals surface area contributed by atoms with Gasteiger partial charge in [-0.15, -0.1) is 0 Å². The maximum Gasteiger partial charge on any atom is 0.275 e. The lowest BCUT2D eigenvalue weighted by atomic mass is 9.97. The highest BCUT2D eigenvalue weighted by Gasteiger charge is 2.28. The van der Waals surface area contributed by atoms with Gasteiger partial charge in [0.2, 0.25) is 5.91 Å². The minimum Gasteiger partial charge on any atom is -0.369 e. The zero-order chi connectivity index (χ0) is 15.2. The number of quaternary nitrogens is 1. The number of hydrogen-bond donors (Lipinski definition) is 3. The number of nitrogens with two attached hydrogens (primary N) is 1. The molecule has 2 amide bonds. The average molecular weight is 290 g/mol. The smallest absolute Gasteiger partial charge is 0.275 e. The van der Waals surface area contributed by atoms with E-state index in [4.69, 9.17) is 5.73 Å². The van der Waals surface area contributed by atoms with Crippen molar-refractivity contribution in [1.29, 1.82) is 0 Å². The first-order valence-corrected chi connectivity index (χ1v) is 7.53. The van der Waals surface area contributed by atoms with Crippen LogP contribution in [-0.2, 0) is 9.59 Å². The number of nitrogens with one attached hydrogen (secondary N) is 2. The number of primary amides is 1. The Labute approximate surface area is 125 Å². The van der Waals surface area contributed by atoms with Gasteiger partial charge >= 0.3 is 0 Å². The van der Waals surface area contributed by atoms with E-state index in [1.54, 1.807) is 0 Å². The maximum atomic E-state index is 12.1. The van der Waals surface area contributed by atoms with Gasteiger partial charge in [-0.05, 0) is 25.3 Å². The number of hydrogen-bond acceptors (Lipinski definition) is 2. The number of rotatable bonds is 5. The van der Waals surface area contributed by atoms with E-state index in [1.165, 1.54) is 0 Å². The van der Waals surface area contributed by atoms with Crippen molar-refractivity contribution in [2.45, 2.75) is 25.8 Å². The summed E-state index contributed by atoms with van der Waals surface area (Å²) in [5.74, 6) is -0.315. The highest BCUT2D eigenvalue weighted by atomic mass is 16.2. The van der Waals surface area contributed by atoms with Crippen molar-refractivity contribution in [3.05, 3.63) is 35.9 Å². The van der Waals surface area contributed by atoms with E-state index >= 15 is 0 Å². The molecule has 2 rings (SSSR count). The maximum absolute atomic E-state index is 12.1. The number of amides is 2. The van der Waals surface area contributed by atoms with Crippen LogP contribution in [0.15, 0.2) is 30.3 Å². The van der Waals surface area contributed by atoms with Crippen molar-refractivity contribution in [3.63, 3.8) is 0 Å².